The van der Waals surface area contributed by atoms with E-state index in [4.69, 9.17) is 0 Å². The van der Waals surface area contributed by atoms with Crippen LogP contribution in [-0.2, 0) is 9.59 Å². The van der Waals surface area contributed by atoms with Gasteiger partial charge in [0.25, 0.3) is 0 Å². The van der Waals surface area contributed by atoms with E-state index in [2.05, 4.69) is 36.5 Å². The van der Waals surface area contributed by atoms with Gasteiger partial charge in [0.2, 0.25) is 11.8 Å². The number of nitrogens with zero attached hydrogens (tertiary/aromatic N) is 1. The predicted octanol–water partition coefficient (Wildman–Crippen LogP) is 2.92. The van der Waals surface area contributed by atoms with Crippen molar-refractivity contribution in [3.63, 3.8) is 0 Å². The van der Waals surface area contributed by atoms with Gasteiger partial charge in [-0.3, -0.25) is 9.59 Å². The minimum atomic E-state index is 0.161. The van der Waals surface area contributed by atoms with Gasteiger partial charge in [0.15, 0.2) is 0 Å². The summed E-state index contributed by atoms with van der Waals surface area (Å²) in [6.45, 7) is 3.51. The lowest BCUT2D eigenvalue weighted by atomic mass is 10.0. The number of benzene rings is 1. The zero-order valence-electron chi connectivity index (χ0n) is 14.3. The third-order valence-electron chi connectivity index (χ3n) is 4.73. The van der Waals surface area contributed by atoms with Gasteiger partial charge in [-0.05, 0) is 31.7 Å². The summed E-state index contributed by atoms with van der Waals surface area (Å²) in [4.78, 5) is 26.3. The normalized spacial score (nSPS) is 20.7. The van der Waals surface area contributed by atoms with Crippen LogP contribution in [0.4, 0.5) is 0 Å². The molecule has 1 atom stereocenters. The topological polar surface area (TPSA) is 49.4 Å². The van der Waals surface area contributed by atoms with Crippen molar-refractivity contribution in [3.05, 3.63) is 35.4 Å². The second-order valence-electron chi connectivity index (χ2n) is 6.76. The van der Waals surface area contributed by atoms with Gasteiger partial charge in [-0.25, -0.2) is 0 Å². The van der Waals surface area contributed by atoms with Crippen LogP contribution in [0.5, 0.6) is 0 Å². The first-order chi connectivity index (χ1) is 11.6. The lowest BCUT2D eigenvalue weighted by Crippen LogP contribution is -2.41. The highest BCUT2D eigenvalue weighted by atomic mass is 32.2. The van der Waals surface area contributed by atoms with Gasteiger partial charge in [-0.1, -0.05) is 29.8 Å². The molecule has 1 saturated carbocycles. The Balaban J connectivity index is 1.51. The lowest BCUT2D eigenvalue weighted by Gasteiger charge is -2.36. The van der Waals surface area contributed by atoms with Gasteiger partial charge in [-0.15, -0.1) is 0 Å². The van der Waals surface area contributed by atoms with Crippen molar-refractivity contribution < 1.29 is 9.59 Å². The van der Waals surface area contributed by atoms with Crippen LogP contribution in [0.15, 0.2) is 24.3 Å². The Labute approximate surface area is 148 Å². The van der Waals surface area contributed by atoms with Crippen LogP contribution in [0, 0.1) is 12.8 Å². The summed E-state index contributed by atoms with van der Waals surface area (Å²) in [5, 5.41) is 2.94. The summed E-state index contributed by atoms with van der Waals surface area (Å²) in [6.07, 6.45) is 3.28. The molecule has 3 rings (SSSR count). The quantitative estimate of drug-likeness (QED) is 0.806. The van der Waals surface area contributed by atoms with E-state index in [9.17, 15) is 9.59 Å². The van der Waals surface area contributed by atoms with E-state index in [1.807, 2.05) is 16.7 Å². The van der Waals surface area contributed by atoms with E-state index in [0.717, 1.165) is 37.3 Å². The molecule has 1 aromatic rings. The molecule has 2 fully saturated rings. The molecule has 1 aliphatic carbocycles. The Morgan fingerprint density at radius 1 is 1.25 bits per heavy atom. The molecular weight excluding hydrogens is 320 g/mol. The molecule has 5 heteroatoms. The summed E-state index contributed by atoms with van der Waals surface area (Å²) >= 11 is 1.91. The highest BCUT2D eigenvalue weighted by Gasteiger charge is 2.30. The number of carbonyl (C=O) groups is 2. The van der Waals surface area contributed by atoms with Crippen molar-refractivity contribution in [2.45, 2.75) is 38.6 Å². The monoisotopic (exact) mass is 346 g/mol. The summed E-state index contributed by atoms with van der Waals surface area (Å²) in [5.74, 6) is 2.58. The zero-order chi connectivity index (χ0) is 16.9. The summed E-state index contributed by atoms with van der Waals surface area (Å²) < 4.78 is 0. The SMILES string of the molecule is Cc1ccc(C2CSCCN2C(=O)CCCNC(=O)C2CC2)cc1. The molecule has 0 bridgehead atoms. The van der Waals surface area contributed by atoms with Crippen molar-refractivity contribution in [1.82, 2.24) is 10.2 Å². The van der Waals surface area contributed by atoms with Gasteiger partial charge in [0.05, 0.1) is 6.04 Å². The molecule has 130 valence electrons. The van der Waals surface area contributed by atoms with Crippen molar-refractivity contribution in [1.29, 1.82) is 0 Å². The largest absolute Gasteiger partial charge is 0.356 e. The van der Waals surface area contributed by atoms with Gasteiger partial charge < -0.3 is 10.2 Å². The number of aryl methyl sites for hydroxylation is 1. The average Bonchev–Trinajstić information content (AvgIpc) is 3.44. The number of hydrogen-bond acceptors (Lipinski definition) is 3. The molecule has 0 aromatic heterocycles. The van der Waals surface area contributed by atoms with Crippen molar-refractivity contribution in [2.75, 3.05) is 24.6 Å². The molecule has 4 nitrogen and oxygen atoms in total. The zero-order valence-corrected chi connectivity index (χ0v) is 15.1. The number of hydrogen-bond donors (Lipinski definition) is 1. The molecule has 0 spiro atoms. The van der Waals surface area contributed by atoms with Crippen LogP contribution in [0.25, 0.3) is 0 Å². The van der Waals surface area contributed by atoms with E-state index in [0.29, 0.717) is 13.0 Å². The average molecular weight is 346 g/mol. The Hall–Kier alpha value is -1.49. The second-order valence-corrected chi connectivity index (χ2v) is 7.91. The Morgan fingerprint density at radius 2 is 2.00 bits per heavy atom. The van der Waals surface area contributed by atoms with Crippen LogP contribution in [0.3, 0.4) is 0 Å². The second kappa shape index (κ2) is 8.06. The highest BCUT2D eigenvalue weighted by Crippen LogP contribution is 2.30. The van der Waals surface area contributed by atoms with Gasteiger partial charge >= 0.3 is 0 Å². The van der Waals surface area contributed by atoms with E-state index in [1.54, 1.807) is 0 Å². The third kappa shape index (κ3) is 4.53. The number of carbonyl (C=O) groups excluding carboxylic acids is 2. The molecule has 1 aromatic carbocycles. The molecule has 1 saturated heterocycles. The molecule has 24 heavy (non-hydrogen) atoms. The fraction of sp³-hybridized carbons (Fsp3) is 0.579. The number of thioether (sulfide) groups is 1. The number of amides is 2. The molecular formula is C19H26N2O2S. The van der Waals surface area contributed by atoms with Crippen LogP contribution < -0.4 is 5.32 Å². The fourth-order valence-electron chi connectivity index (χ4n) is 3.05. The van der Waals surface area contributed by atoms with Crippen LogP contribution in [-0.4, -0.2) is 41.3 Å². The molecule has 2 amide bonds. The van der Waals surface area contributed by atoms with E-state index >= 15 is 0 Å². The molecule has 1 unspecified atom stereocenters. The van der Waals surface area contributed by atoms with E-state index in [-0.39, 0.29) is 23.8 Å². The van der Waals surface area contributed by atoms with Crippen molar-refractivity contribution in [3.8, 4) is 0 Å². The molecule has 1 heterocycles. The smallest absolute Gasteiger partial charge is 0.223 e. The minimum absolute atomic E-state index is 0.161. The fourth-order valence-corrected chi connectivity index (χ4v) is 4.14. The minimum Gasteiger partial charge on any atom is -0.356 e. The number of nitrogens with one attached hydrogen (secondary N) is 1. The third-order valence-corrected chi connectivity index (χ3v) is 5.75. The van der Waals surface area contributed by atoms with E-state index < -0.39 is 0 Å². The molecule has 1 aliphatic heterocycles. The van der Waals surface area contributed by atoms with Crippen molar-refractivity contribution in [2.24, 2.45) is 5.92 Å². The first-order valence-corrected chi connectivity index (χ1v) is 10.0. The van der Waals surface area contributed by atoms with Gasteiger partial charge in [0.1, 0.15) is 0 Å². The molecule has 0 radical (unpaired) electrons. The maximum Gasteiger partial charge on any atom is 0.223 e. The maximum atomic E-state index is 12.6. The van der Waals surface area contributed by atoms with Gasteiger partial charge in [-0.2, -0.15) is 11.8 Å². The first-order valence-electron chi connectivity index (χ1n) is 8.86. The van der Waals surface area contributed by atoms with Crippen LogP contribution >= 0.6 is 11.8 Å². The maximum absolute atomic E-state index is 12.6. The van der Waals surface area contributed by atoms with Crippen LogP contribution in [0.2, 0.25) is 0 Å². The Kier molecular flexibility index (Phi) is 5.82. The first kappa shape index (κ1) is 17.3. The molecule has 2 aliphatic rings. The Morgan fingerprint density at radius 3 is 2.71 bits per heavy atom. The highest BCUT2D eigenvalue weighted by molar-refractivity contribution is 7.99. The Bertz CT molecular complexity index is 584. The standard InChI is InChI=1S/C19H26N2O2S/c1-14-4-6-15(7-5-14)17-13-24-12-11-21(17)18(22)3-2-10-20-19(23)16-8-9-16/h4-7,16-17H,2-3,8-13H2,1H3,(H,20,23). The van der Waals surface area contributed by atoms with Crippen molar-refractivity contribution >= 4 is 23.6 Å². The lowest BCUT2D eigenvalue weighted by molar-refractivity contribution is -0.133. The summed E-state index contributed by atoms with van der Waals surface area (Å²) in [7, 11) is 0. The van der Waals surface area contributed by atoms with Gasteiger partial charge in [0, 0.05) is 36.9 Å². The molecule has 1 N–H and O–H groups in total. The summed E-state index contributed by atoms with van der Waals surface area (Å²) in [5.41, 5.74) is 2.47. The number of rotatable bonds is 6. The van der Waals surface area contributed by atoms with E-state index in [1.165, 1.54) is 11.1 Å². The predicted molar refractivity (Wildman–Crippen MR) is 97.9 cm³/mol. The summed E-state index contributed by atoms with van der Waals surface area (Å²) in [6, 6.07) is 8.69. The van der Waals surface area contributed by atoms with Crippen LogP contribution in [0.1, 0.15) is 42.9 Å².